The first kappa shape index (κ1) is 15.2. The fourth-order valence-electron chi connectivity index (χ4n) is 1.71. The van der Waals surface area contributed by atoms with Gasteiger partial charge in [-0.2, -0.15) is 0 Å². The zero-order valence-electron chi connectivity index (χ0n) is 11.4. The van der Waals surface area contributed by atoms with Gasteiger partial charge in [-0.15, -0.1) is 0 Å². The van der Waals surface area contributed by atoms with Crippen LogP contribution in [0.4, 0.5) is 5.69 Å². The Bertz CT molecular complexity index is 443. The van der Waals surface area contributed by atoms with Crippen LogP contribution in [0.3, 0.4) is 0 Å². The van der Waals surface area contributed by atoms with Gasteiger partial charge in [-0.3, -0.25) is 10.1 Å². The Labute approximate surface area is 114 Å². The molecule has 0 amide bonds. The van der Waals surface area contributed by atoms with E-state index in [1.165, 1.54) is 44.4 Å². The number of nitro groups is 1. The summed E-state index contributed by atoms with van der Waals surface area (Å²) in [5, 5.41) is 10.4. The minimum Gasteiger partial charge on any atom is -0.258 e. The topological polar surface area (TPSA) is 56.0 Å². The molecule has 4 nitrogen and oxygen atoms in total. The van der Waals surface area contributed by atoms with Gasteiger partial charge in [0.15, 0.2) is 0 Å². The van der Waals surface area contributed by atoms with Crippen molar-refractivity contribution in [1.29, 1.82) is 0 Å². The molecular formula is C15H20N2O2. The molecule has 19 heavy (non-hydrogen) atoms. The normalized spacial score (nSPS) is 9.74. The Balaban J connectivity index is 2.24. The van der Waals surface area contributed by atoms with Crippen molar-refractivity contribution in [2.75, 3.05) is 0 Å². The fraction of sp³-hybridized carbons (Fsp3) is 0.533. The molecule has 1 aromatic heterocycles. The van der Waals surface area contributed by atoms with E-state index >= 15 is 0 Å². The van der Waals surface area contributed by atoms with Crippen LogP contribution >= 0.6 is 0 Å². The number of aromatic nitrogens is 1. The monoisotopic (exact) mass is 260 g/mol. The first-order valence-electron chi connectivity index (χ1n) is 6.83. The lowest BCUT2D eigenvalue weighted by molar-refractivity contribution is -0.385. The van der Waals surface area contributed by atoms with E-state index in [0.717, 1.165) is 12.8 Å². The molecule has 0 fully saturated rings. The van der Waals surface area contributed by atoms with Gasteiger partial charge in [-0.25, -0.2) is 4.98 Å². The first-order valence-corrected chi connectivity index (χ1v) is 6.83. The van der Waals surface area contributed by atoms with Crippen molar-refractivity contribution in [2.24, 2.45) is 0 Å². The molecule has 0 aliphatic rings. The molecule has 0 radical (unpaired) electrons. The lowest BCUT2D eigenvalue weighted by atomic mass is 10.1. The molecule has 0 bridgehead atoms. The number of unbranched alkanes of at least 4 members (excludes halogenated alkanes) is 6. The zero-order chi connectivity index (χ0) is 13.9. The third kappa shape index (κ3) is 6.56. The number of rotatable bonds is 7. The highest BCUT2D eigenvalue weighted by atomic mass is 16.6. The lowest BCUT2D eigenvalue weighted by Crippen LogP contribution is -1.89. The first-order chi connectivity index (χ1) is 9.24. The molecule has 102 valence electrons. The summed E-state index contributed by atoms with van der Waals surface area (Å²) in [4.78, 5) is 13.9. The summed E-state index contributed by atoms with van der Waals surface area (Å²) in [6, 6.07) is 3.02. The predicted molar refractivity (Wildman–Crippen MR) is 75.8 cm³/mol. The number of hydrogen-bond acceptors (Lipinski definition) is 3. The summed E-state index contributed by atoms with van der Waals surface area (Å²) < 4.78 is 0. The Morgan fingerprint density at radius 3 is 2.58 bits per heavy atom. The van der Waals surface area contributed by atoms with E-state index < -0.39 is 4.92 Å². The zero-order valence-corrected chi connectivity index (χ0v) is 11.4. The van der Waals surface area contributed by atoms with Gasteiger partial charge in [0.05, 0.1) is 4.92 Å². The molecule has 0 saturated carbocycles. The Morgan fingerprint density at radius 2 is 1.95 bits per heavy atom. The van der Waals surface area contributed by atoms with E-state index in [-0.39, 0.29) is 5.69 Å². The van der Waals surface area contributed by atoms with Gasteiger partial charge in [0, 0.05) is 12.5 Å². The van der Waals surface area contributed by atoms with Gasteiger partial charge in [0.1, 0.15) is 11.9 Å². The maximum Gasteiger partial charge on any atom is 0.287 e. The average Bonchev–Trinajstić information content (AvgIpc) is 2.42. The molecular weight excluding hydrogens is 240 g/mol. The molecule has 0 aliphatic carbocycles. The van der Waals surface area contributed by atoms with Gasteiger partial charge in [0.2, 0.25) is 0 Å². The van der Waals surface area contributed by atoms with E-state index in [4.69, 9.17) is 0 Å². The Hall–Kier alpha value is -1.89. The average molecular weight is 260 g/mol. The van der Waals surface area contributed by atoms with Gasteiger partial charge in [-0.05, 0) is 18.4 Å². The molecule has 0 saturated heterocycles. The van der Waals surface area contributed by atoms with Gasteiger partial charge in [0.25, 0.3) is 5.69 Å². The van der Waals surface area contributed by atoms with Crippen LogP contribution in [0.15, 0.2) is 18.3 Å². The smallest absolute Gasteiger partial charge is 0.258 e. The molecule has 1 aromatic rings. The van der Waals surface area contributed by atoms with Crippen LogP contribution in [-0.4, -0.2) is 9.91 Å². The third-order valence-electron chi connectivity index (χ3n) is 2.83. The van der Waals surface area contributed by atoms with Crippen molar-refractivity contribution in [3.63, 3.8) is 0 Å². The summed E-state index contributed by atoms with van der Waals surface area (Å²) in [5.41, 5.74) is 0.595. The lowest BCUT2D eigenvalue weighted by Gasteiger charge is -1.96. The van der Waals surface area contributed by atoms with E-state index in [1.807, 2.05) is 0 Å². The summed E-state index contributed by atoms with van der Waals surface area (Å²) >= 11 is 0. The van der Waals surface area contributed by atoms with Crippen molar-refractivity contribution < 1.29 is 4.92 Å². The van der Waals surface area contributed by atoms with E-state index in [2.05, 4.69) is 23.7 Å². The molecule has 0 atom stereocenters. The van der Waals surface area contributed by atoms with Crippen molar-refractivity contribution in [2.45, 2.75) is 51.9 Å². The van der Waals surface area contributed by atoms with Crippen LogP contribution in [-0.2, 0) is 0 Å². The van der Waals surface area contributed by atoms with E-state index in [1.54, 1.807) is 6.07 Å². The second-order valence-corrected chi connectivity index (χ2v) is 4.48. The SMILES string of the molecule is CCCCCCCCC#Cc1ccc([N+](=O)[O-])cn1. The molecule has 0 N–H and O–H groups in total. The summed E-state index contributed by atoms with van der Waals surface area (Å²) in [6.45, 7) is 2.21. The van der Waals surface area contributed by atoms with Crippen LogP contribution in [0.2, 0.25) is 0 Å². The van der Waals surface area contributed by atoms with Crippen molar-refractivity contribution in [3.05, 3.63) is 34.1 Å². The fourth-order valence-corrected chi connectivity index (χ4v) is 1.71. The van der Waals surface area contributed by atoms with Crippen molar-refractivity contribution >= 4 is 5.69 Å². The third-order valence-corrected chi connectivity index (χ3v) is 2.83. The molecule has 0 spiro atoms. The molecule has 1 rings (SSSR count). The molecule has 4 heteroatoms. The number of pyridine rings is 1. The summed E-state index contributed by atoms with van der Waals surface area (Å²) in [5.74, 6) is 5.99. The van der Waals surface area contributed by atoms with Crippen molar-refractivity contribution in [1.82, 2.24) is 4.98 Å². The minimum absolute atomic E-state index is 0.00136. The molecule has 0 aromatic carbocycles. The highest BCUT2D eigenvalue weighted by Gasteiger charge is 2.03. The van der Waals surface area contributed by atoms with Crippen LogP contribution < -0.4 is 0 Å². The van der Waals surface area contributed by atoms with E-state index in [9.17, 15) is 10.1 Å². The highest BCUT2D eigenvalue weighted by Crippen LogP contribution is 2.08. The van der Waals surface area contributed by atoms with E-state index in [0.29, 0.717) is 5.69 Å². The number of hydrogen-bond donors (Lipinski definition) is 0. The molecule has 0 unspecified atom stereocenters. The highest BCUT2D eigenvalue weighted by molar-refractivity contribution is 5.34. The van der Waals surface area contributed by atoms with Crippen molar-refractivity contribution in [3.8, 4) is 11.8 Å². The molecule has 1 heterocycles. The molecule has 0 aliphatic heterocycles. The standard InChI is InChI=1S/C15H20N2O2/c1-2-3-4-5-6-7-8-9-10-14-11-12-15(13-16-14)17(18)19/h11-13H,2-8H2,1H3. The van der Waals surface area contributed by atoms with Crippen LogP contribution in [0.1, 0.15) is 57.6 Å². The van der Waals surface area contributed by atoms with Gasteiger partial charge >= 0.3 is 0 Å². The summed E-state index contributed by atoms with van der Waals surface area (Å²) in [7, 11) is 0. The maximum absolute atomic E-state index is 10.4. The van der Waals surface area contributed by atoms with Gasteiger partial charge in [-0.1, -0.05) is 44.9 Å². The Morgan fingerprint density at radius 1 is 1.21 bits per heavy atom. The van der Waals surface area contributed by atoms with Crippen LogP contribution in [0, 0.1) is 22.0 Å². The van der Waals surface area contributed by atoms with Gasteiger partial charge < -0.3 is 0 Å². The second-order valence-electron chi connectivity index (χ2n) is 4.48. The Kier molecular flexibility index (Phi) is 7.26. The predicted octanol–water partition coefficient (Wildman–Crippen LogP) is 4.09. The number of nitrogens with zero attached hydrogens (tertiary/aromatic N) is 2. The van der Waals surface area contributed by atoms with Crippen LogP contribution in [0.5, 0.6) is 0 Å². The second kappa shape index (κ2) is 9.09. The van der Waals surface area contributed by atoms with Crippen LogP contribution in [0.25, 0.3) is 0 Å². The largest absolute Gasteiger partial charge is 0.287 e. The minimum atomic E-state index is -0.458. The summed E-state index contributed by atoms with van der Waals surface area (Å²) in [6.07, 6.45) is 9.63. The maximum atomic E-state index is 10.4. The quantitative estimate of drug-likeness (QED) is 0.321.